The molecule has 0 rings (SSSR count). The van der Waals surface area contributed by atoms with E-state index in [-0.39, 0.29) is 0 Å². The Morgan fingerprint density at radius 2 is 1.45 bits per heavy atom. The third-order valence-electron chi connectivity index (χ3n) is 0.374. The molecule has 0 N–H and O–H groups in total. The molecule has 0 aromatic rings. The Hall–Kier alpha value is 0.970. The minimum Gasteiger partial charge on any atom is -0.260 e. The van der Waals surface area contributed by atoms with Crippen LogP contribution in [-0.2, 0) is 0 Å². The van der Waals surface area contributed by atoms with Crippen molar-refractivity contribution >= 4 is 56.4 Å². The van der Waals surface area contributed by atoms with Gasteiger partial charge in [0.2, 0.25) is 0 Å². The SMILES string of the molecule is CSSC.O=[N+]([O-])C(Cl)(Cl)Cl. The van der Waals surface area contributed by atoms with Crippen molar-refractivity contribution < 1.29 is 4.92 Å². The van der Waals surface area contributed by atoms with Crippen molar-refractivity contribution in [2.75, 3.05) is 12.5 Å². The molecule has 0 spiro atoms. The average Bonchev–Trinajstić information content (AvgIpc) is 1.87. The lowest BCUT2D eigenvalue weighted by Crippen LogP contribution is -2.15. The van der Waals surface area contributed by atoms with Gasteiger partial charge in [-0.05, 0) is 47.3 Å². The Labute approximate surface area is 87.7 Å². The Bertz CT molecular complexity index is 116. The standard InChI is InChI=1S/C2H6S2.CCl3NO2/c1-3-4-2;2-1(3,4)5(6)7/h1-2H3;. The molecule has 0 heterocycles. The van der Waals surface area contributed by atoms with Gasteiger partial charge < -0.3 is 0 Å². The lowest BCUT2D eigenvalue weighted by molar-refractivity contribution is -0.491. The Balaban J connectivity index is 0. The molecule has 8 heteroatoms. The van der Waals surface area contributed by atoms with Crippen molar-refractivity contribution in [1.82, 2.24) is 0 Å². The van der Waals surface area contributed by atoms with Crippen molar-refractivity contribution in [3.63, 3.8) is 0 Å². The molecule has 3 nitrogen and oxygen atoms in total. The van der Waals surface area contributed by atoms with E-state index in [0.717, 1.165) is 0 Å². The first kappa shape index (κ1) is 14.5. The van der Waals surface area contributed by atoms with Gasteiger partial charge in [0.15, 0.2) is 0 Å². The van der Waals surface area contributed by atoms with Crippen LogP contribution in [0.15, 0.2) is 0 Å². The number of rotatable bonds is 1. The van der Waals surface area contributed by atoms with Crippen LogP contribution in [0.5, 0.6) is 0 Å². The van der Waals surface area contributed by atoms with Crippen molar-refractivity contribution in [3.05, 3.63) is 10.1 Å². The summed E-state index contributed by atoms with van der Waals surface area (Å²) >= 11 is 14.1. The smallest absolute Gasteiger partial charge is 0.260 e. The predicted octanol–water partition coefficient (Wildman–Crippen LogP) is 3.22. The second-order valence-corrected chi connectivity index (χ2v) is 5.95. The second kappa shape index (κ2) is 7.61. The third-order valence-corrected chi connectivity index (χ3v) is 2.12. The Kier molecular flexibility index (Phi) is 10.0. The largest absolute Gasteiger partial charge is 0.449 e. The van der Waals surface area contributed by atoms with Crippen molar-refractivity contribution in [2.45, 2.75) is 3.92 Å². The number of alkyl halides is 3. The summed E-state index contributed by atoms with van der Waals surface area (Å²) in [4.78, 5) is 8.41. The van der Waals surface area contributed by atoms with Gasteiger partial charge in [0.1, 0.15) is 0 Å². The van der Waals surface area contributed by atoms with Gasteiger partial charge in [0.25, 0.3) is 0 Å². The summed E-state index contributed by atoms with van der Waals surface area (Å²) in [6.07, 6.45) is 4.12. The van der Waals surface area contributed by atoms with Gasteiger partial charge >= 0.3 is 3.92 Å². The van der Waals surface area contributed by atoms with Crippen LogP contribution in [0.25, 0.3) is 0 Å². The monoisotopic (exact) mass is 257 g/mol. The van der Waals surface area contributed by atoms with E-state index in [1.54, 1.807) is 21.6 Å². The van der Waals surface area contributed by atoms with E-state index in [9.17, 15) is 10.1 Å². The van der Waals surface area contributed by atoms with Crippen molar-refractivity contribution in [3.8, 4) is 0 Å². The molecule has 0 radical (unpaired) electrons. The molecule has 0 aliphatic rings. The summed E-state index contributed by atoms with van der Waals surface area (Å²) in [6.45, 7) is 0. The molecule has 0 atom stereocenters. The predicted molar refractivity (Wildman–Crippen MR) is 54.3 cm³/mol. The first-order chi connectivity index (χ1) is 4.86. The summed E-state index contributed by atoms with van der Waals surface area (Å²) in [7, 11) is 3.55. The summed E-state index contributed by atoms with van der Waals surface area (Å²) in [6, 6.07) is 0. The van der Waals surface area contributed by atoms with Gasteiger partial charge in [-0.25, -0.2) is 0 Å². The second-order valence-electron chi connectivity index (χ2n) is 1.06. The molecule has 0 aromatic heterocycles. The van der Waals surface area contributed by atoms with Gasteiger partial charge in [-0.3, -0.25) is 10.1 Å². The summed E-state index contributed by atoms with van der Waals surface area (Å²) in [5, 5.41) is 9.43. The minimum atomic E-state index is -2.36. The molecular weight excluding hydrogens is 253 g/mol. The van der Waals surface area contributed by atoms with Gasteiger partial charge in [-0.2, -0.15) is 0 Å². The van der Waals surface area contributed by atoms with E-state index >= 15 is 0 Å². The molecule has 0 amide bonds. The zero-order valence-corrected chi connectivity index (χ0v) is 9.61. The van der Waals surface area contributed by atoms with Gasteiger partial charge in [0, 0.05) is 0 Å². The fourth-order valence-electron chi connectivity index (χ4n) is 0. The molecule has 0 aliphatic carbocycles. The molecule has 0 aliphatic heterocycles. The van der Waals surface area contributed by atoms with Crippen LogP contribution < -0.4 is 0 Å². The first-order valence-electron chi connectivity index (χ1n) is 2.14. The number of hydrogen-bond acceptors (Lipinski definition) is 4. The van der Waals surface area contributed by atoms with Crippen LogP contribution in [0.2, 0.25) is 0 Å². The third kappa shape index (κ3) is 13.9. The number of hydrogen-bond donors (Lipinski definition) is 0. The fourth-order valence-corrected chi connectivity index (χ4v) is 0. The molecule has 68 valence electrons. The highest BCUT2D eigenvalue weighted by Crippen LogP contribution is 2.25. The maximum Gasteiger partial charge on any atom is 0.449 e. The Morgan fingerprint density at radius 1 is 1.27 bits per heavy atom. The highest BCUT2D eigenvalue weighted by molar-refractivity contribution is 8.76. The fraction of sp³-hybridized carbons (Fsp3) is 1.00. The van der Waals surface area contributed by atoms with Crippen LogP contribution in [-0.4, -0.2) is 21.4 Å². The highest BCUT2D eigenvalue weighted by atomic mass is 35.6. The van der Waals surface area contributed by atoms with Crippen LogP contribution >= 0.6 is 56.4 Å². The van der Waals surface area contributed by atoms with Gasteiger partial charge in [-0.15, -0.1) is 0 Å². The maximum absolute atomic E-state index is 9.43. The van der Waals surface area contributed by atoms with Crippen molar-refractivity contribution in [2.24, 2.45) is 0 Å². The number of nitrogens with zero attached hydrogens (tertiary/aromatic N) is 1. The number of nitro groups is 1. The zero-order valence-electron chi connectivity index (χ0n) is 5.71. The molecular formula is C3H6Cl3NO2S2. The average molecular weight is 259 g/mol. The number of halogens is 3. The normalized spacial score (nSPS) is 9.91. The van der Waals surface area contributed by atoms with Gasteiger partial charge in [-0.1, -0.05) is 21.6 Å². The summed E-state index contributed by atoms with van der Waals surface area (Å²) in [5.74, 6) is 0. The highest BCUT2D eigenvalue weighted by Gasteiger charge is 2.33. The molecule has 0 aromatic carbocycles. The molecule has 0 fully saturated rings. The molecule has 0 bridgehead atoms. The summed E-state index contributed by atoms with van der Waals surface area (Å²) in [5.41, 5.74) is 0. The zero-order chi connectivity index (χ0) is 9.49. The van der Waals surface area contributed by atoms with E-state index in [0.29, 0.717) is 0 Å². The first-order valence-corrected chi connectivity index (χ1v) is 6.24. The minimum absolute atomic E-state index is 1.02. The molecule has 0 saturated heterocycles. The van der Waals surface area contributed by atoms with Crippen LogP contribution in [0.3, 0.4) is 0 Å². The van der Waals surface area contributed by atoms with Crippen LogP contribution in [0, 0.1) is 10.1 Å². The topological polar surface area (TPSA) is 43.1 Å². The van der Waals surface area contributed by atoms with Gasteiger partial charge in [0.05, 0.1) is 4.92 Å². The lowest BCUT2D eigenvalue weighted by Gasteiger charge is -1.96. The quantitative estimate of drug-likeness (QED) is 0.238. The molecule has 11 heavy (non-hydrogen) atoms. The van der Waals surface area contributed by atoms with E-state index in [4.69, 9.17) is 34.8 Å². The lowest BCUT2D eigenvalue weighted by atomic mass is 11.4. The summed E-state index contributed by atoms with van der Waals surface area (Å²) < 4.78 is -2.36. The van der Waals surface area contributed by atoms with Crippen LogP contribution in [0.1, 0.15) is 0 Å². The Morgan fingerprint density at radius 3 is 1.45 bits per heavy atom. The molecule has 0 saturated carbocycles. The maximum atomic E-state index is 9.43. The van der Waals surface area contributed by atoms with E-state index < -0.39 is 8.84 Å². The van der Waals surface area contributed by atoms with E-state index in [2.05, 4.69) is 12.5 Å². The molecule has 0 unspecified atom stereocenters. The van der Waals surface area contributed by atoms with Crippen molar-refractivity contribution in [1.29, 1.82) is 0 Å². The van der Waals surface area contributed by atoms with Crippen LogP contribution in [0.4, 0.5) is 0 Å². The van der Waals surface area contributed by atoms with E-state index in [1.807, 2.05) is 0 Å². The van der Waals surface area contributed by atoms with E-state index in [1.165, 1.54) is 0 Å².